The van der Waals surface area contributed by atoms with Gasteiger partial charge in [-0.2, -0.15) is 0 Å². The molecule has 0 spiro atoms. The van der Waals surface area contributed by atoms with Gasteiger partial charge in [-0.15, -0.1) is 0 Å². The molecule has 6 heteroatoms. The molecular formula is C16H20N2O4. The smallest absolute Gasteiger partial charge is 0.308 e. The molecule has 1 aromatic heterocycles. The van der Waals surface area contributed by atoms with Gasteiger partial charge in [0.25, 0.3) is 0 Å². The van der Waals surface area contributed by atoms with Crippen LogP contribution in [0.4, 0.5) is 0 Å². The number of nitrogens with zero attached hydrogens (tertiary/aromatic N) is 2. The molecule has 1 N–H and O–H groups in total. The van der Waals surface area contributed by atoms with Gasteiger partial charge < -0.3 is 14.7 Å². The highest BCUT2D eigenvalue weighted by Gasteiger charge is 2.54. The van der Waals surface area contributed by atoms with Crippen molar-refractivity contribution in [2.75, 3.05) is 26.8 Å². The van der Waals surface area contributed by atoms with Crippen LogP contribution in [0, 0.1) is 11.3 Å². The molecule has 1 aromatic rings. The van der Waals surface area contributed by atoms with Crippen molar-refractivity contribution in [3.8, 4) is 0 Å². The third-order valence-corrected chi connectivity index (χ3v) is 4.76. The van der Waals surface area contributed by atoms with Crippen LogP contribution in [-0.4, -0.2) is 53.7 Å². The second kappa shape index (κ2) is 5.68. The number of carbonyl (C=O) groups is 2. The molecule has 0 aromatic carbocycles. The monoisotopic (exact) mass is 304 g/mol. The maximum atomic E-state index is 12.7. The van der Waals surface area contributed by atoms with E-state index in [1.807, 2.05) is 6.07 Å². The summed E-state index contributed by atoms with van der Waals surface area (Å²) >= 11 is 0. The number of carboxylic acid groups (broad SMARTS) is 1. The Morgan fingerprint density at radius 1 is 1.45 bits per heavy atom. The van der Waals surface area contributed by atoms with Crippen LogP contribution in [0.5, 0.6) is 0 Å². The zero-order chi connectivity index (χ0) is 15.7. The Morgan fingerprint density at radius 3 is 2.77 bits per heavy atom. The fraction of sp³-hybridized carbons (Fsp3) is 0.562. The summed E-state index contributed by atoms with van der Waals surface area (Å²) in [6, 6.07) is 3.68. The highest BCUT2D eigenvalue weighted by Crippen LogP contribution is 2.48. The predicted molar refractivity (Wildman–Crippen MR) is 78.2 cm³/mol. The number of hydrogen-bond acceptors (Lipinski definition) is 4. The van der Waals surface area contributed by atoms with Gasteiger partial charge in [0.05, 0.1) is 17.9 Å². The van der Waals surface area contributed by atoms with Crippen molar-refractivity contribution in [3.63, 3.8) is 0 Å². The number of carbonyl (C=O) groups excluding carboxylic acids is 1. The van der Waals surface area contributed by atoms with Crippen LogP contribution in [0.15, 0.2) is 24.5 Å². The molecule has 1 aliphatic carbocycles. The van der Waals surface area contributed by atoms with Gasteiger partial charge >= 0.3 is 5.97 Å². The summed E-state index contributed by atoms with van der Waals surface area (Å²) in [7, 11) is 1.59. The predicted octanol–water partition coefficient (Wildman–Crippen LogP) is 1.13. The molecule has 6 nitrogen and oxygen atoms in total. The van der Waals surface area contributed by atoms with Crippen molar-refractivity contribution in [2.45, 2.75) is 18.8 Å². The second-order valence-corrected chi connectivity index (χ2v) is 6.26. The summed E-state index contributed by atoms with van der Waals surface area (Å²) < 4.78 is 5.16. The highest BCUT2D eigenvalue weighted by atomic mass is 16.5. The van der Waals surface area contributed by atoms with Gasteiger partial charge in [0.1, 0.15) is 0 Å². The minimum absolute atomic E-state index is 0.0343. The normalized spacial score (nSPS) is 26.0. The molecule has 118 valence electrons. The van der Waals surface area contributed by atoms with E-state index in [1.165, 1.54) is 0 Å². The molecule has 2 aliphatic rings. The molecular weight excluding hydrogens is 284 g/mol. The van der Waals surface area contributed by atoms with E-state index in [1.54, 1.807) is 30.5 Å². The summed E-state index contributed by atoms with van der Waals surface area (Å²) in [5.41, 5.74) is 0.462. The summed E-state index contributed by atoms with van der Waals surface area (Å²) in [5, 5.41) is 9.48. The minimum Gasteiger partial charge on any atom is -0.481 e. The molecule has 2 fully saturated rings. The molecule has 0 radical (unpaired) electrons. The number of methoxy groups -OCH3 is 1. The Morgan fingerprint density at radius 2 is 2.23 bits per heavy atom. The fourth-order valence-corrected chi connectivity index (χ4v) is 3.34. The standard InChI is InChI=1S/C16H20N2O4/c1-22-10-16(4-5-16)15(21)18-8-12(13(9-18)14(19)20)11-3-2-6-17-7-11/h2-3,6-7,12-13H,4-5,8-10H2,1H3,(H,19,20)/t12-,13+/m1/s1. The number of likely N-dealkylation sites (tertiary alicyclic amines) is 1. The SMILES string of the molecule is COCC1(C(=O)N2C[C@H](C(=O)O)[C@@H](c3cccnc3)C2)CC1. The first-order chi connectivity index (χ1) is 10.6. The summed E-state index contributed by atoms with van der Waals surface area (Å²) in [6.07, 6.45) is 5.00. The number of hydrogen-bond donors (Lipinski definition) is 1. The summed E-state index contributed by atoms with van der Waals surface area (Å²) in [6.45, 7) is 1.11. The van der Waals surface area contributed by atoms with Crippen LogP contribution in [0.25, 0.3) is 0 Å². The van der Waals surface area contributed by atoms with Gasteiger partial charge in [-0.05, 0) is 24.5 Å². The van der Waals surface area contributed by atoms with Crippen LogP contribution < -0.4 is 0 Å². The van der Waals surface area contributed by atoms with Crippen LogP contribution in [-0.2, 0) is 14.3 Å². The Kier molecular flexibility index (Phi) is 3.87. The Hall–Kier alpha value is -1.95. The van der Waals surface area contributed by atoms with Crippen molar-refractivity contribution in [1.29, 1.82) is 0 Å². The molecule has 2 heterocycles. The van der Waals surface area contributed by atoms with E-state index in [9.17, 15) is 14.7 Å². The summed E-state index contributed by atoms with van der Waals surface area (Å²) in [4.78, 5) is 30.0. The fourth-order valence-electron chi connectivity index (χ4n) is 3.34. The van der Waals surface area contributed by atoms with E-state index in [0.717, 1.165) is 18.4 Å². The zero-order valence-electron chi connectivity index (χ0n) is 12.6. The van der Waals surface area contributed by atoms with Gasteiger partial charge in [-0.25, -0.2) is 0 Å². The topological polar surface area (TPSA) is 79.7 Å². The maximum Gasteiger partial charge on any atom is 0.308 e. The zero-order valence-corrected chi connectivity index (χ0v) is 12.6. The molecule has 22 heavy (non-hydrogen) atoms. The van der Waals surface area contributed by atoms with Crippen LogP contribution in [0.1, 0.15) is 24.3 Å². The van der Waals surface area contributed by atoms with E-state index in [-0.39, 0.29) is 18.4 Å². The number of amides is 1. The summed E-state index contributed by atoms with van der Waals surface area (Å²) in [5.74, 6) is -1.60. The average molecular weight is 304 g/mol. The van der Waals surface area contributed by atoms with Crippen molar-refractivity contribution >= 4 is 11.9 Å². The average Bonchev–Trinajstić information content (AvgIpc) is 3.16. The molecule has 1 amide bonds. The van der Waals surface area contributed by atoms with E-state index >= 15 is 0 Å². The van der Waals surface area contributed by atoms with Crippen LogP contribution >= 0.6 is 0 Å². The van der Waals surface area contributed by atoms with Crippen molar-refractivity contribution in [2.24, 2.45) is 11.3 Å². The Bertz CT molecular complexity index is 571. The molecule has 1 saturated carbocycles. The van der Waals surface area contributed by atoms with Crippen molar-refractivity contribution < 1.29 is 19.4 Å². The van der Waals surface area contributed by atoms with Gasteiger partial charge in [-0.3, -0.25) is 14.6 Å². The quantitative estimate of drug-likeness (QED) is 0.882. The van der Waals surface area contributed by atoms with Gasteiger partial charge in [0, 0.05) is 38.5 Å². The number of rotatable bonds is 5. The lowest BCUT2D eigenvalue weighted by molar-refractivity contribution is -0.142. The molecule has 1 aliphatic heterocycles. The first-order valence-corrected chi connectivity index (χ1v) is 7.48. The number of aromatic nitrogens is 1. The minimum atomic E-state index is -0.860. The first kappa shape index (κ1) is 15.0. The van der Waals surface area contributed by atoms with E-state index in [2.05, 4.69) is 4.98 Å². The van der Waals surface area contributed by atoms with Crippen LogP contribution in [0.3, 0.4) is 0 Å². The van der Waals surface area contributed by atoms with Crippen molar-refractivity contribution in [1.82, 2.24) is 9.88 Å². The Balaban J connectivity index is 1.79. The molecule has 3 rings (SSSR count). The lowest BCUT2D eigenvalue weighted by Crippen LogP contribution is -2.38. The molecule has 1 saturated heterocycles. The highest BCUT2D eigenvalue weighted by molar-refractivity contribution is 5.87. The van der Waals surface area contributed by atoms with Gasteiger partial charge in [0.15, 0.2) is 0 Å². The molecule has 0 bridgehead atoms. The van der Waals surface area contributed by atoms with Crippen LogP contribution in [0.2, 0.25) is 0 Å². The number of carboxylic acids is 1. The number of aliphatic carboxylic acids is 1. The van der Waals surface area contributed by atoms with Gasteiger partial charge in [-0.1, -0.05) is 6.07 Å². The third kappa shape index (κ3) is 2.59. The van der Waals surface area contributed by atoms with Gasteiger partial charge in [0.2, 0.25) is 5.91 Å². The molecule has 2 atom stereocenters. The largest absolute Gasteiger partial charge is 0.481 e. The van der Waals surface area contributed by atoms with Crippen molar-refractivity contribution in [3.05, 3.63) is 30.1 Å². The lowest BCUT2D eigenvalue weighted by Gasteiger charge is -2.22. The Labute approximate surface area is 129 Å². The number of pyridine rings is 1. The lowest BCUT2D eigenvalue weighted by atomic mass is 9.90. The second-order valence-electron chi connectivity index (χ2n) is 6.26. The third-order valence-electron chi connectivity index (χ3n) is 4.76. The van der Waals surface area contributed by atoms with E-state index in [4.69, 9.17) is 4.74 Å². The molecule has 0 unspecified atom stereocenters. The van der Waals surface area contributed by atoms with E-state index < -0.39 is 17.3 Å². The number of ether oxygens (including phenoxy) is 1. The maximum absolute atomic E-state index is 12.7. The first-order valence-electron chi connectivity index (χ1n) is 7.48. The van der Waals surface area contributed by atoms with E-state index in [0.29, 0.717) is 13.2 Å².